The van der Waals surface area contributed by atoms with Crippen molar-refractivity contribution < 1.29 is 4.79 Å². The molecule has 4 nitrogen and oxygen atoms in total. The molecule has 140 valence electrons. The van der Waals surface area contributed by atoms with Gasteiger partial charge in [-0.2, -0.15) is 5.26 Å². The minimum Gasteiger partial charge on any atom is -0.341 e. The molecule has 1 heterocycles. The standard InChI is InChI=1S/C21H21Cl2N3O/c22-19-7-6-18(20(23)13-19)12-21(27)26-9-1-8-25(10-11-26)15-17-4-2-16(14-24)3-5-17/h2-7,13H,1,8-12,15H2. The maximum absolute atomic E-state index is 12.7. The fraction of sp³-hybridized carbons (Fsp3) is 0.333. The monoisotopic (exact) mass is 401 g/mol. The van der Waals surface area contributed by atoms with E-state index in [1.807, 2.05) is 35.2 Å². The topological polar surface area (TPSA) is 47.3 Å². The van der Waals surface area contributed by atoms with Gasteiger partial charge in [0.15, 0.2) is 0 Å². The lowest BCUT2D eigenvalue weighted by Gasteiger charge is -2.22. The first kappa shape index (κ1) is 19.7. The van der Waals surface area contributed by atoms with Crippen LogP contribution in [0.1, 0.15) is 23.1 Å². The van der Waals surface area contributed by atoms with Crippen LogP contribution in [0.5, 0.6) is 0 Å². The zero-order valence-corrected chi connectivity index (χ0v) is 16.5. The summed E-state index contributed by atoms with van der Waals surface area (Å²) in [5, 5.41) is 10.0. The number of rotatable bonds is 4. The van der Waals surface area contributed by atoms with Crippen molar-refractivity contribution in [2.45, 2.75) is 19.4 Å². The van der Waals surface area contributed by atoms with Gasteiger partial charge in [0, 0.05) is 42.8 Å². The van der Waals surface area contributed by atoms with Crippen LogP contribution in [0.2, 0.25) is 10.0 Å². The quantitative estimate of drug-likeness (QED) is 0.772. The first-order valence-electron chi connectivity index (χ1n) is 8.98. The molecule has 6 heteroatoms. The smallest absolute Gasteiger partial charge is 0.227 e. The van der Waals surface area contributed by atoms with Crippen LogP contribution in [0.3, 0.4) is 0 Å². The second-order valence-corrected chi connectivity index (χ2v) is 7.58. The highest BCUT2D eigenvalue weighted by Crippen LogP contribution is 2.22. The van der Waals surface area contributed by atoms with E-state index < -0.39 is 0 Å². The predicted molar refractivity (Wildman–Crippen MR) is 108 cm³/mol. The Morgan fingerprint density at radius 1 is 1.04 bits per heavy atom. The van der Waals surface area contributed by atoms with Crippen LogP contribution in [-0.4, -0.2) is 41.9 Å². The molecule has 2 aromatic carbocycles. The number of nitrogens with zero attached hydrogens (tertiary/aromatic N) is 3. The molecule has 1 aliphatic heterocycles. The van der Waals surface area contributed by atoms with Crippen LogP contribution < -0.4 is 0 Å². The Bertz CT molecular complexity index is 845. The Labute approximate surface area is 169 Å². The molecule has 1 amide bonds. The summed E-state index contributed by atoms with van der Waals surface area (Å²) in [7, 11) is 0. The second-order valence-electron chi connectivity index (χ2n) is 6.73. The highest BCUT2D eigenvalue weighted by Gasteiger charge is 2.20. The first-order chi connectivity index (χ1) is 13.0. The third kappa shape index (κ3) is 5.46. The number of halogens is 2. The van der Waals surface area contributed by atoms with Crippen molar-refractivity contribution in [2.75, 3.05) is 26.2 Å². The van der Waals surface area contributed by atoms with Crippen molar-refractivity contribution in [3.8, 4) is 6.07 Å². The fourth-order valence-corrected chi connectivity index (χ4v) is 3.74. The number of carbonyl (C=O) groups excluding carboxylic acids is 1. The van der Waals surface area contributed by atoms with E-state index in [2.05, 4.69) is 11.0 Å². The van der Waals surface area contributed by atoms with E-state index in [1.54, 1.807) is 12.1 Å². The normalized spacial score (nSPS) is 15.2. The number of hydrogen-bond donors (Lipinski definition) is 0. The van der Waals surface area contributed by atoms with Crippen LogP contribution in [0.15, 0.2) is 42.5 Å². The van der Waals surface area contributed by atoms with Crippen LogP contribution in [-0.2, 0) is 17.8 Å². The zero-order chi connectivity index (χ0) is 19.2. The van der Waals surface area contributed by atoms with Gasteiger partial charge in [-0.25, -0.2) is 0 Å². The van der Waals surface area contributed by atoms with E-state index in [1.165, 1.54) is 5.56 Å². The molecule has 2 aromatic rings. The largest absolute Gasteiger partial charge is 0.341 e. The lowest BCUT2D eigenvalue weighted by atomic mass is 10.1. The molecule has 0 unspecified atom stereocenters. The number of nitriles is 1. The molecule has 0 N–H and O–H groups in total. The summed E-state index contributed by atoms with van der Waals surface area (Å²) in [5.74, 6) is 0.0967. The van der Waals surface area contributed by atoms with Gasteiger partial charge < -0.3 is 4.90 Å². The zero-order valence-electron chi connectivity index (χ0n) is 15.0. The van der Waals surface area contributed by atoms with Crippen molar-refractivity contribution in [2.24, 2.45) is 0 Å². The van der Waals surface area contributed by atoms with E-state index in [0.29, 0.717) is 28.6 Å². The maximum atomic E-state index is 12.7. The lowest BCUT2D eigenvalue weighted by Crippen LogP contribution is -2.36. The molecule has 0 radical (unpaired) electrons. The summed E-state index contributed by atoms with van der Waals surface area (Å²) >= 11 is 12.1. The van der Waals surface area contributed by atoms with E-state index in [-0.39, 0.29) is 5.91 Å². The molecule has 1 aliphatic rings. The van der Waals surface area contributed by atoms with Gasteiger partial charge in [-0.15, -0.1) is 0 Å². The molecular formula is C21H21Cl2N3O. The summed E-state index contributed by atoms with van der Waals surface area (Å²) in [5.41, 5.74) is 2.67. The molecule has 1 fully saturated rings. The molecular weight excluding hydrogens is 381 g/mol. The van der Waals surface area contributed by atoms with Crippen LogP contribution in [0.4, 0.5) is 0 Å². The molecule has 0 atom stereocenters. The van der Waals surface area contributed by atoms with Crippen molar-refractivity contribution in [3.63, 3.8) is 0 Å². The molecule has 0 spiro atoms. The van der Waals surface area contributed by atoms with Crippen molar-refractivity contribution in [1.82, 2.24) is 9.80 Å². The van der Waals surface area contributed by atoms with Crippen LogP contribution >= 0.6 is 23.2 Å². The summed E-state index contributed by atoms with van der Waals surface area (Å²) in [6.45, 7) is 4.08. The molecule has 3 rings (SSSR count). The van der Waals surface area contributed by atoms with E-state index in [9.17, 15) is 4.79 Å². The highest BCUT2D eigenvalue weighted by atomic mass is 35.5. The molecule has 0 aromatic heterocycles. The Morgan fingerprint density at radius 2 is 1.81 bits per heavy atom. The Balaban J connectivity index is 1.55. The number of benzene rings is 2. The number of amides is 1. The Kier molecular flexibility index (Phi) is 6.73. The van der Waals surface area contributed by atoms with Crippen LogP contribution in [0.25, 0.3) is 0 Å². The van der Waals surface area contributed by atoms with E-state index in [0.717, 1.165) is 38.2 Å². The molecule has 0 bridgehead atoms. The van der Waals surface area contributed by atoms with Crippen LogP contribution in [0, 0.1) is 11.3 Å². The van der Waals surface area contributed by atoms with Gasteiger partial charge in [-0.3, -0.25) is 9.69 Å². The maximum Gasteiger partial charge on any atom is 0.227 e. The Hall–Kier alpha value is -2.06. The second kappa shape index (κ2) is 9.23. The summed E-state index contributed by atoms with van der Waals surface area (Å²) in [6.07, 6.45) is 1.24. The average Bonchev–Trinajstić information content (AvgIpc) is 2.90. The number of hydrogen-bond acceptors (Lipinski definition) is 3. The summed E-state index contributed by atoms with van der Waals surface area (Å²) in [6, 6.07) is 15.1. The van der Waals surface area contributed by atoms with Gasteiger partial charge >= 0.3 is 0 Å². The first-order valence-corrected chi connectivity index (χ1v) is 9.74. The third-order valence-corrected chi connectivity index (χ3v) is 5.37. The average molecular weight is 402 g/mol. The van der Waals surface area contributed by atoms with Gasteiger partial charge in [0.1, 0.15) is 0 Å². The predicted octanol–water partition coefficient (Wildman–Crippen LogP) is 4.14. The van der Waals surface area contributed by atoms with Gasteiger partial charge in [0.05, 0.1) is 18.1 Å². The van der Waals surface area contributed by atoms with Crippen molar-refractivity contribution in [3.05, 3.63) is 69.2 Å². The fourth-order valence-electron chi connectivity index (χ4n) is 3.26. The van der Waals surface area contributed by atoms with Crippen molar-refractivity contribution >= 4 is 29.1 Å². The van der Waals surface area contributed by atoms with Gasteiger partial charge in [0.2, 0.25) is 5.91 Å². The third-order valence-electron chi connectivity index (χ3n) is 4.79. The van der Waals surface area contributed by atoms with Gasteiger partial charge in [-0.05, 0) is 41.8 Å². The van der Waals surface area contributed by atoms with Gasteiger partial charge in [-0.1, -0.05) is 41.4 Å². The summed E-state index contributed by atoms with van der Waals surface area (Å²) < 4.78 is 0. The van der Waals surface area contributed by atoms with Gasteiger partial charge in [0.25, 0.3) is 0 Å². The molecule has 0 aliphatic carbocycles. The molecule has 1 saturated heterocycles. The SMILES string of the molecule is N#Cc1ccc(CN2CCCN(C(=O)Cc3ccc(Cl)cc3Cl)CC2)cc1. The minimum absolute atomic E-state index is 0.0967. The summed E-state index contributed by atoms with van der Waals surface area (Å²) in [4.78, 5) is 16.9. The Morgan fingerprint density at radius 3 is 2.52 bits per heavy atom. The highest BCUT2D eigenvalue weighted by molar-refractivity contribution is 6.35. The van der Waals surface area contributed by atoms with E-state index >= 15 is 0 Å². The molecule has 0 saturated carbocycles. The van der Waals surface area contributed by atoms with E-state index in [4.69, 9.17) is 28.5 Å². The number of carbonyl (C=O) groups is 1. The lowest BCUT2D eigenvalue weighted by molar-refractivity contribution is -0.130. The molecule has 27 heavy (non-hydrogen) atoms. The van der Waals surface area contributed by atoms with Crippen molar-refractivity contribution in [1.29, 1.82) is 5.26 Å². The minimum atomic E-state index is 0.0967.